The normalized spacial score (nSPS) is 20.3. The molecule has 1 heterocycles. The molecule has 0 aliphatic carbocycles. The topological polar surface area (TPSA) is 64.1 Å². The predicted molar refractivity (Wildman–Crippen MR) is 141 cm³/mol. The second-order valence-electron chi connectivity index (χ2n) is 10.7. The van der Waals surface area contributed by atoms with Gasteiger partial charge in [-0.15, -0.1) is 0 Å². The van der Waals surface area contributed by atoms with Crippen LogP contribution in [0.4, 0.5) is 17.6 Å². The molecule has 0 aromatic heterocycles. The molecule has 2 aromatic carbocycles. The van der Waals surface area contributed by atoms with Gasteiger partial charge in [-0.1, -0.05) is 24.3 Å². The van der Waals surface area contributed by atoms with E-state index in [1.54, 1.807) is 19.1 Å². The van der Waals surface area contributed by atoms with Gasteiger partial charge in [0.15, 0.2) is 5.78 Å². The number of hydrogen-bond donors (Lipinski definition) is 1. The van der Waals surface area contributed by atoms with E-state index in [0.29, 0.717) is 17.0 Å². The number of phenols is 1. The molecular weight excluding hydrogens is 514 g/mol. The van der Waals surface area contributed by atoms with Crippen LogP contribution >= 0.6 is 0 Å². The van der Waals surface area contributed by atoms with Crippen molar-refractivity contribution in [2.24, 2.45) is 11.8 Å². The maximum Gasteiger partial charge on any atom is 0.406 e. The summed E-state index contributed by atoms with van der Waals surface area (Å²) in [5.41, 5.74) is 0.912. The SMILES string of the molecule is Cc1c(F)cccc1[C@@H]1[C@@H](C(=O)c2cccc(O)c2)CN(CCCCN(C)C)C[C@H]1C(=O)N(C)CC(F)(F)F. The molecule has 3 atom stereocenters. The van der Waals surface area contributed by atoms with Crippen molar-refractivity contribution in [2.45, 2.75) is 31.9 Å². The van der Waals surface area contributed by atoms with Gasteiger partial charge in [-0.25, -0.2) is 4.39 Å². The zero-order valence-electron chi connectivity index (χ0n) is 22.8. The number of piperidine rings is 1. The summed E-state index contributed by atoms with van der Waals surface area (Å²) in [7, 11) is 5.03. The van der Waals surface area contributed by atoms with Crippen molar-refractivity contribution < 1.29 is 32.3 Å². The van der Waals surface area contributed by atoms with E-state index in [0.717, 1.165) is 26.4 Å². The molecule has 0 bridgehead atoms. The number of unbranched alkanes of at least 4 members (excludes halogenated alkanes) is 1. The van der Waals surface area contributed by atoms with Gasteiger partial charge in [0.05, 0.1) is 5.92 Å². The van der Waals surface area contributed by atoms with E-state index < -0.39 is 42.2 Å². The molecule has 0 unspecified atom stereocenters. The molecule has 2 aromatic rings. The second-order valence-corrected chi connectivity index (χ2v) is 10.7. The van der Waals surface area contributed by atoms with Crippen LogP contribution in [0.25, 0.3) is 0 Å². The average Bonchev–Trinajstić information content (AvgIpc) is 2.86. The van der Waals surface area contributed by atoms with Crippen molar-refractivity contribution in [3.63, 3.8) is 0 Å². The van der Waals surface area contributed by atoms with Gasteiger partial charge in [0.25, 0.3) is 0 Å². The van der Waals surface area contributed by atoms with Crippen LogP contribution in [0.2, 0.25) is 0 Å². The number of rotatable bonds is 10. The molecule has 6 nitrogen and oxygen atoms in total. The van der Waals surface area contributed by atoms with E-state index in [1.165, 1.54) is 30.3 Å². The number of Topliss-reactive ketones (excluding diaryl/α,β-unsaturated/α-hetero) is 1. The summed E-state index contributed by atoms with van der Waals surface area (Å²) in [4.78, 5) is 32.2. The monoisotopic (exact) mass is 551 g/mol. The van der Waals surface area contributed by atoms with Crippen LogP contribution in [0.5, 0.6) is 5.75 Å². The Morgan fingerprint density at radius 1 is 1.03 bits per heavy atom. The number of halogens is 4. The second kappa shape index (κ2) is 12.9. The third-order valence-corrected chi connectivity index (χ3v) is 7.35. The average molecular weight is 552 g/mol. The first kappa shape index (κ1) is 30.6. The Bertz CT molecular complexity index is 1150. The van der Waals surface area contributed by atoms with Crippen LogP contribution in [0.3, 0.4) is 0 Å². The Morgan fingerprint density at radius 3 is 2.33 bits per heavy atom. The lowest BCUT2D eigenvalue weighted by atomic mass is 9.69. The lowest BCUT2D eigenvalue weighted by molar-refractivity contribution is -0.162. The van der Waals surface area contributed by atoms with E-state index in [9.17, 15) is 32.3 Å². The highest BCUT2D eigenvalue weighted by Crippen LogP contribution is 2.42. The van der Waals surface area contributed by atoms with Crippen molar-refractivity contribution in [1.82, 2.24) is 14.7 Å². The summed E-state index contributed by atoms with van der Waals surface area (Å²) in [6.07, 6.45) is -2.95. The molecule has 3 rings (SSSR count). The van der Waals surface area contributed by atoms with Crippen LogP contribution in [0, 0.1) is 24.6 Å². The number of alkyl halides is 3. The number of amides is 1. The molecule has 0 spiro atoms. The lowest BCUT2D eigenvalue weighted by Gasteiger charge is -2.44. The molecule has 0 radical (unpaired) electrons. The summed E-state index contributed by atoms with van der Waals surface area (Å²) in [6.45, 7) is 1.93. The fourth-order valence-electron chi connectivity index (χ4n) is 5.48. The van der Waals surface area contributed by atoms with E-state index in [4.69, 9.17) is 0 Å². The molecule has 1 aliphatic rings. The highest BCUT2D eigenvalue weighted by molar-refractivity contribution is 5.99. The van der Waals surface area contributed by atoms with Crippen molar-refractivity contribution in [3.8, 4) is 5.75 Å². The number of aromatic hydroxyl groups is 1. The van der Waals surface area contributed by atoms with E-state index in [2.05, 4.69) is 0 Å². The number of ketones is 1. The van der Waals surface area contributed by atoms with E-state index in [-0.39, 0.29) is 35.7 Å². The van der Waals surface area contributed by atoms with Crippen molar-refractivity contribution in [1.29, 1.82) is 0 Å². The summed E-state index contributed by atoms with van der Waals surface area (Å²) < 4.78 is 54.5. The Hall–Kier alpha value is -2.98. The number of carbonyl (C=O) groups is 2. The number of benzene rings is 2. The van der Waals surface area contributed by atoms with Crippen LogP contribution in [0.1, 0.15) is 40.2 Å². The standard InChI is InChI=1S/C29H37F4N3O3/c1-19-22(11-8-12-25(19)30)26-23(27(38)20-9-7-10-21(37)15-20)16-36(14-6-5-13-34(2)3)17-24(26)28(39)35(4)18-29(31,32)33/h7-12,15,23-24,26,37H,5-6,13-14,16-18H2,1-4H3/t23-,24+,26+/m0/s1. The molecular formula is C29H37F4N3O3. The zero-order chi connectivity index (χ0) is 28.9. The quantitative estimate of drug-likeness (QED) is 0.263. The van der Waals surface area contributed by atoms with Gasteiger partial charge in [-0.3, -0.25) is 9.59 Å². The number of carbonyl (C=O) groups excluding carboxylic acids is 2. The van der Waals surface area contributed by atoms with Gasteiger partial charge in [0.1, 0.15) is 18.1 Å². The van der Waals surface area contributed by atoms with Crippen LogP contribution in [-0.4, -0.2) is 91.5 Å². The summed E-state index contributed by atoms with van der Waals surface area (Å²) in [6, 6.07) is 10.3. The predicted octanol–water partition coefficient (Wildman–Crippen LogP) is 4.72. The van der Waals surface area contributed by atoms with Crippen LogP contribution in [-0.2, 0) is 4.79 Å². The maximum absolute atomic E-state index is 14.7. The summed E-state index contributed by atoms with van der Waals surface area (Å²) in [5.74, 6) is -4.42. The van der Waals surface area contributed by atoms with E-state index in [1.807, 2.05) is 23.9 Å². The molecule has 1 aliphatic heterocycles. The third-order valence-electron chi connectivity index (χ3n) is 7.35. The van der Waals surface area contributed by atoms with Gasteiger partial charge < -0.3 is 19.8 Å². The molecule has 39 heavy (non-hydrogen) atoms. The smallest absolute Gasteiger partial charge is 0.406 e. The highest BCUT2D eigenvalue weighted by atomic mass is 19.4. The Balaban J connectivity index is 2.07. The molecule has 1 N–H and O–H groups in total. The number of phenolic OH excluding ortho intramolecular Hbond substituents is 1. The van der Waals surface area contributed by atoms with Crippen molar-refractivity contribution in [2.75, 3.05) is 53.9 Å². The fraction of sp³-hybridized carbons (Fsp3) is 0.517. The van der Waals surface area contributed by atoms with Gasteiger partial charge in [-0.05, 0) is 76.3 Å². The van der Waals surface area contributed by atoms with Crippen LogP contribution < -0.4 is 0 Å². The number of nitrogens with zero attached hydrogens (tertiary/aromatic N) is 3. The largest absolute Gasteiger partial charge is 0.508 e. The molecule has 214 valence electrons. The first-order chi connectivity index (χ1) is 18.3. The summed E-state index contributed by atoms with van der Waals surface area (Å²) >= 11 is 0. The Kier molecular flexibility index (Phi) is 10.1. The highest BCUT2D eigenvalue weighted by Gasteiger charge is 2.47. The fourth-order valence-corrected chi connectivity index (χ4v) is 5.48. The van der Waals surface area contributed by atoms with Gasteiger partial charge >= 0.3 is 6.18 Å². The third kappa shape index (κ3) is 8.02. The van der Waals surface area contributed by atoms with E-state index >= 15 is 0 Å². The molecule has 10 heteroatoms. The lowest BCUT2D eigenvalue weighted by Crippen LogP contribution is -2.54. The zero-order valence-corrected chi connectivity index (χ0v) is 22.8. The molecule has 1 saturated heterocycles. The molecule has 1 amide bonds. The summed E-state index contributed by atoms with van der Waals surface area (Å²) in [5, 5.41) is 10.0. The van der Waals surface area contributed by atoms with Gasteiger partial charge in [0.2, 0.25) is 5.91 Å². The number of likely N-dealkylation sites (tertiary alicyclic amines) is 1. The molecule has 1 fully saturated rings. The first-order valence-electron chi connectivity index (χ1n) is 13.1. The van der Waals surface area contributed by atoms with Gasteiger partial charge in [0, 0.05) is 37.5 Å². The van der Waals surface area contributed by atoms with Crippen molar-refractivity contribution >= 4 is 11.7 Å². The minimum atomic E-state index is -4.59. The van der Waals surface area contributed by atoms with Crippen LogP contribution in [0.15, 0.2) is 42.5 Å². The Morgan fingerprint density at radius 2 is 1.69 bits per heavy atom. The Labute approximate surface area is 227 Å². The number of hydrogen-bond acceptors (Lipinski definition) is 5. The maximum atomic E-state index is 14.7. The van der Waals surface area contributed by atoms with Gasteiger partial charge in [-0.2, -0.15) is 13.2 Å². The van der Waals surface area contributed by atoms with Crippen molar-refractivity contribution in [3.05, 3.63) is 65.0 Å². The molecule has 0 saturated carbocycles. The minimum Gasteiger partial charge on any atom is -0.508 e. The minimum absolute atomic E-state index is 0.103. The first-order valence-corrected chi connectivity index (χ1v) is 13.1.